The molecule has 0 spiro atoms. The zero-order chi connectivity index (χ0) is 28.0. The van der Waals surface area contributed by atoms with E-state index in [1.165, 1.54) is 0 Å². The highest BCUT2D eigenvalue weighted by molar-refractivity contribution is 6.03. The first-order chi connectivity index (χ1) is 17.9. The summed E-state index contributed by atoms with van der Waals surface area (Å²) in [7, 11) is 0. The van der Waals surface area contributed by atoms with E-state index in [4.69, 9.17) is 10.2 Å². The molecule has 0 radical (unpaired) electrons. The Bertz CT molecular complexity index is 1130. The van der Waals surface area contributed by atoms with Crippen molar-refractivity contribution < 1.29 is 34.1 Å². The molecular formula is C30H41NO7. The summed E-state index contributed by atoms with van der Waals surface area (Å²) < 4.78 is 5.33. The first-order valence-corrected chi connectivity index (χ1v) is 13.4. The molecule has 8 heteroatoms. The van der Waals surface area contributed by atoms with E-state index in [9.17, 15) is 29.7 Å². The Labute approximate surface area is 224 Å². The van der Waals surface area contributed by atoms with Gasteiger partial charge in [0.05, 0.1) is 31.1 Å². The van der Waals surface area contributed by atoms with Gasteiger partial charge in [-0.3, -0.25) is 14.4 Å². The first kappa shape index (κ1) is 29.6. The summed E-state index contributed by atoms with van der Waals surface area (Å²) in [4.78, 5) is 37.4. The molecule has 3 rings (SSSR count). The fourth-order valence-electron chi connectivity index (χ4n) is 5.74. The average Bonchev–Trinajstić information content (AvgIpc) is 3.34. The third-order valence-electron chi connectivity index (χ3n) is 7.60. The van der Waals surface area contributed by atoms with Crippen molar-refractivity contribution in [3.05, 3.63) is 41.3 Å². The maximum atomic E-state index is 13.5. The summed E-state index contributed by atoms with van der Waals surface area (Å²) in [5, 5.41) is 30.8. The van der Waals surface area contributed by atoms with Crippen molar-refractivity contribution >= 4 is 17.5 Å². The number of amides is 1. The SMILES string of the molecule is CC(C)(C)CCCc1cc(-c2ccoc2)c2c(c1O)C(=O)CC(CC(CCO)C(CO)C(=O)CC(N)=O)C2. The van der Waals surface area contributed by atoms with Gasteiger partial charge in [-0.25, -0.2) is 0 Å². The maximum Gasteiger partial charge on any atom is 0.224 e. The van der Waals surface area contributed by atoms with E-state index < -0.39 is 36.6 Å². The smallest absolute Gasteiger partial charge is 0.224 e. The average molecular weight is 528 g/mol. The molecule has 1 heterocycles. The number of fused-ring (bicyclic) bond motifs is 1. The van der Waals surface area contributed by atoms with Gasteiger partial charge in [-0.2, -0.15) is 0 Å². The number of carbonyl (C=O) groups is 3. The van der Waals surface area contributed by atoms with Gasteiger partial charge >= 0.3 is 0 Å². The summed E-state index contributed by atoms with van der Waals surface area (Å²) >= 11 is 0. The second-order valence-corrected chi connectivity index (χ2v) is 11.8. The number of aromatic hydroxyl groups is 1. The normalized spacial score (nSPS) is 17.2. The second kappa shape index (κ2) is 12.7. The number of hydrogen-bond acceptors (Lipinski definition) is 7. The maximum absolute atomic E-state index is 13.5. The predicted molar refractivity (Wildman–Crippen MR) is 144 cm³/mol. The topological polar surface area (TPSA) is 151 Å². The molecule has 8 nitrogen and oxygen atoms in total. The van der Waals surface area contributed by atoms with Crippen LogP contribution in [0.25, 0.3) is 11.1 Å². The number of aliphatic hydroxyl groups excluding tert-OH is 2. The number of primary amides is 1. The molecule has 1 aliphatic carbocycles. The lowest BCUT2D eigenvalue weighted by Crippen LogP contribution is -2.33. The Hall–Kier alpha value is -2.97. The quantitative estimate of drug-likeness (QED) is 0.285. The van der Waals surface area contributed by atoms with Gasteiger partial charge in [-0.15, -0.1) is 0 Å². The van der Waals surface area contributed by atoms with E-state index in [0.29, 0.717) is 24.8 Å². The lowest BCUT2D eigenvalue weighted by Gasteiger charge is -2.32. The number of aliphatic hydroxyl groups is 2. The number of phenols is 1. The second-order valence-electron chi connectivity index (χ2n) is 11.8. The molecule has 3 unspecified atom stereocenters. The van der Waals surface area contributed by atoms with Crippen molar-refractivity contribution in [2.45, 2.75) is 72.1 Å². The highest BCUT2D eigenvalue weighted by Gasteiger charge is 2.36. The molecule has 1 amide bonds. The molecule has 1 aliphatic rings. The van der Waals surface area contributed by atoms with Crippen LogP contribution < -0.4 is 5.73 Å². The van der Waals surface area contributed by atoms with Crippen LogP contribution in [-0.2, 0) is 22.4 Å². The van der Waals surface area contributed by atoms with E-state index in [0.717, 1.165) is 35.1 Å². The van der Waals surface area contributed by atoms with Crippen molar-refractivity contribution in [2.24, 2.45) is 28.9 Å². The predicted octanol–water partition coefficient (Wildman–Crippen LogP) is 4.21. The highest BCUT2D eigenvalue weighted by Crippen LogP contribution is 2.43. The first-order valence-electron chi connectivity index (χ1n) is 13.4. The number of ketones is 2. The Morgan fingerprint density at radius 1 is 1.21 bits per heavy atom. The number of carbonyl (C=O) groups excluding carboxylic acids is 3. The van der Waals surface area contributed by atoms with Gasteiger partial charge in [0.25, 0.3) is 0 Å². The summed E-state index contributed by atoms with van der Waals surface area (Å²) in [5.41, 5.74) is 8.86. The minimum absolute atomic E-state index is 0.0429. The molecule has 38 heavy (non-hydrogen) atoms. The van der Waals surface area contributed by atoms with Crippen LogP contribution in [0.3, 0.4) is 0 Å². The number of phenolic OH excluding ortho intramolecular Hbond substituents is 1. The van der Waals surface area contributed by atoms with Crippen LogP contribution in [0.15, 0.2) is 29.1 Å². The van der Waals surface area contributed by atoms with Gasteiger partial charge in [0.2, 0.25) is 5.91 Å². The number of aryl methyl sites for hydroxylation is 1. The van der Waals surface area contributed by atoms with E-state index in [1.54, 1.807) is 12.5 Å². The fourth-order valence-corrected chi connectivity index (χ4v) is 5.74. The van der Waals surface area contributed by atoms with Gasteiger partial charge < -0.3 is 25.5 Å². The van der Waals surface area contributed by atoms with Crippen molar-refractivity contribution in [2.75, 3.05) is 13.2 Å². The molecule has 5 N–H and O–H groups in total. The van der Waals surface area contributed by atoms with Crippen molar-refractivity contribution in [3.8, 4) is 16.9 Å². The van der Waals surface area contributed by atoms with Crippen LogP contribution in [0.5, 0.6) is 5.75 Å². The van der Waals surface area contributed by atoms with Gasteiger partial charge in [0, 0.05) is 24.5 Å². The Morgan fingerprint density at radius 2 is 1.95 bits per heavy atom. The molecule has 0 bridgehead atoms. The van der Waals surface area contributed by atoms with Crippen LogP contribution in [0.1, 0.15) is 80.8 Å². The van der Waals surface area contributed by atoms with E-state index in [-0.39, 0.29) is 42.3 Å². The molecule has 0 saturated heterocycles. The molecule has 0 aliphatic heterocycles. The van der Waals surface area contributed by atoms with Crippen molar-refractivity contribution in [3.63, 3.8) is 0 Å². The summed E-state index contributed by atoms with van der Waals surface area (Å²) in [5.74, 6) is -2.78. The van der Waals surface area contributed by atoms with Crippen LogP contribution in [-0.4, -0.2) is 46.0 Å². The van der Waals surface area contributed by atoms with Crippen LogP contribution in [0, 0.1) is 23.2 Å². The lowest BCUT2D eigenvalue weighted by molar-refractivity contribution is -0.131. The summed E-state index contributed by atoms with van der Waals surface area (Å²) in [6.45, 7) is 5.86. The largest absolute Gasteiger partial charge is 0.507 e. The standard InChI is InChI=1S/C30H41NO7/c1-30(2,3)8-4-5-20-14-22(21-7-10-38-17-21)23-12-18(13-26(35)28(23)29(20)37)11-19(6-9-32)24(16-33)25(34)15-27(31)36/h7,10,14,17-19,24,32-33,37H,4-6,8-9,11-13,15-16H2,1-3H3,(H2,31,36). The Kier molecular flexibility index (Phi) is 9.90. The number of Topliss-reactive ketones (excluding diaryl/α,β-unsaturated/α-hetero) is 2. The number of nitrogens with two attached hydrogens (primary N) is 1. The van der Waals surface area contributed by atoms with Crippen LogP contribution in [0.4, 0.5) is 0 Å². The summed E-state index contributed by atoms with van der Waals surface area (Å²) in [6.07, 6.45) is 6.55. The van der Waals surface area contributed by atoms with Crippen molar-refractivity contribution in [1.82, 2.24) is 0 Å². The van der Waals surface area contributed by atoms with Gasteiger partial charge in [-0.1, -0.05) is 20.8 Å². The minimum atomic E-state index is -0.849. The third-order valence-corrected chi connectivity index (χ3v) is 7.60. The third kappa shape index (κ3) is 7.32. The number of benzene rings is 1. The Balaban J connectivity index is 1.94. The zero-order valence-corrected chi connectivity index (χ0v) is 22.7. The minimum Gasteiger partial charge on any atom is -0.507 e. The zero-order valence-electron chi connectivity index (χ0n) is 22.7. The molecule has 1 aromatic carbocycles. The van der Waals surface area contributed by atoms with Crippen LogP contribution >= 0.6 is 0 Å². The monoisotopic (exact) mass is 527 g/mol. The molecular weight excluding hydrogens is 486 g/mol. The molecule has 208 valence electrons. The highest BCUT2D eigenvalue weighted by atomic mass is 16.3. The van der Waals surface area contributed by atoms with E-state index >= 15 is 0 Å². The van der Waals surface area contributed by atoms with Crippen molar-refractivity contribution in [1.29, 1.82) is 0 Å². The number of rotatable bonds is 13. The molecule has 2 aromatic rings. The van der Waals surface area contributed by atoms with Gasteiger partial charge in [-0.05, 0) is 84.6 Å². The number of furan rings is 1. The summed E-state index contributed by atoms with van der Waals surface area (Å²) in [6, 6.07) is 3.79. The lowest BCUT2D eigenvalue weighted by atomic mass is 9.72. The molecule has 3 atom stereocenters. The molecule has 1 aromatic heterocycles. The van der Waals surface area contributed by atoms with Gasteiger partial charge in [0.1, 0.15) is 11.5 Å². The van der Waals surface area contributed by atoms with E-state index in [1.807, 2.05) is 12.1 Å². The van der Waals surface area contributed by atoms with E-state index in [2.05, 4.69) is 20.8 Å². The molecule has 0 fully saturated rings. The fraction of sp³-hybridized carbons (Fsp3) is 0.567. The molecule has 0 saturated carbocycles. The van der Waals surface area contributed by atoms with Crippen LogP contribution in [0.2, 0.25) is 0 Å². The Morgan fingerprint density at radius 3 is 2.53 bits per heavy atom. The van der Waals surface area contributed by atoms with Gasteiger partial charge in [0.15, 0.2) is 5.78 Å². The number of hydrogen-bond donors (Lipinski definition) is 4.